The maximum Gasteiger partial charge on any atom is 0.252 e. The van der Waals surface area contributed by atoms with E-state index in [1.807, 2.05) is 18.2 Å². The molecule has 1 heterocycles. The highest BCUT2D eigenvalue weighted by Crippen LogP contribution is 2.33. The van der Waals surface area contributed by atoms with Crippen molar-refractivity contribution in [2.24, 2.45) is 4.99 Å². The van der Waals surface area contributed by atoms with Gasteiger partial charge in [-0.05, 0) is 36.8 Å². The normalized spacial score (nSPS) is 11.8. The van der Waals surface area contributed by atoms with E-state index in [0.717, 1.165) is 28.1 Å². The molecule has 29 heavy (non-hydrogen) atoms. The van der Waals surface area contributed by atoms with Crippen LogP contribution < -0.4 is 14.3 Å². The van der Waals surface area contributed by atoms with Crippen molar-refractivity contribution >= 4 is 39.2 Å². The fraction of sp³-hybridized carbons (Fsp3) is 0.364. The van der Waals surface area contributed by atoms with E-state index >= 15 is 0 Å². The Bertz CT molecular complexity index is 1100. The molecule has 0 aliphatic heterocycles. The van der Waals surface area contributed by atoms with E-state index in [0.29, 0.717) is 22.7 Å². The average Bonchev–Trinajstić information content (AvgIpc) is 3.03. The summed E-state index contributed by atoms with van der Waals surface area (Å²) in [4.78, 5) is 17.9. The largest absolute Gasteiger partial charge is 0.493 e. The quantitative estimate of drug-likeness (QED) is 0.559. The van der Waals surface area contributed by atoms with Gasteiger partial charge < -0.3 is 14.0 Å². The first kappa shape index (κ1) is 21.5. The van der Waals surface area contributed by atoms with Crippen molar-refractivity contribution in [2.45, 2.75) is 26.8 Å². The molecule has 0 aliphatic carbocycles. The third-order valence-corrected chi connectivity index (χ3v) is 6.49. The van der Waals surface area contributed by atoms with E-state index in [-0.39, 0.29) is 5.91 Å². The molecular weight excluding hydrogens is 404 g/mol. The zero-order valence-electron chi connectivity index (χ0n) is 17.4. The van der Waals surface area contributed by atoms with Crippen LogP contribution in [0.15, 0.2) is 35.3 Å². The monoisotopic (exact) mass is 430 g/mol. The molecule has 0 fully saturated rings. The number of thioether (sulfide) groups is 1. The van der Waals surface area contributed by atoms with Crippen LogP contribution in [0.4, 0.5) is 0 Å². The summed E-state index contributed by atoms with van der Waals surface area (Å²) < 4.78 is 14.0. The van der Waals surface area contributed by atoms with Crippen LogP contribution in [-0.4, -0.2) is 36.7 Å². The SMILES string of the molecule is COc1cc2sc(=NC(=O)Cc3ccc(C)c(C)c3)n(CCSC)c2cc1OC. The van der Waals surface area contributed by atoms with Crippen LogP contribution in [0.5, 0.6) is 11.5 Å². The average molecular weight is 431 g/mol. The van der Waals surface area contributed by atoms with E-state index < -0.39 is 0 Å². The second kappa shape index (κ2) is 9.50. The molecule has 0 saturated carbocycles. The molecule has 154 valence electrons. The number of carbonyl (C=O) groups is 1. The molecule has 0 spiro atoms. The van der Waals surface area contributed by atoms with Gasteiger partial charge in [-0.1, -0.05) is 29.5 Å². The Morgan fingerprint density at radius 1 is 1.10 bits per heavy atom. The number of thiazole rings is 1. The number of carbonyl (C=O) groups excluding carboxylic acids is 1. The smallest absolute Gasteiger partial charge is 0.252 e. The predicted molar refractivity (Wildman–Crippen MR) is 121 cm³/mol. The lowest BCUT2D eigenvalue weighted by Crippen LogP contribution is -2.18. The topological polar surface area (TPSA) is 52.8 Å². The number of hydrogen-bond acceptors (Lipinski definition) is 5. The Balaban J connectivity index is 2.03. The Morgan fingerprint density at radius 2 is 1.83 bits per heavy atom. The minimum absolute atomic E-state index is 0.142. The third-order valence-electron chi connectivity index (χ3n) is 4.85. The Labute approximate surface area is 179 Å². The molecule has 0 atom stereocenters. The Morgan fingerprint density at radius 3 is 2.48 bits per heavy atom. The van der Waals surface area contributed by atoms with E-state index in [4.69, 9.17) is 9.47 Å². The first-order valence-electron chi connectivity index (χ1n) is 9.34. The molecule has 0 saturated heterocycles. The second-order valence-electron chi connectivity index (χ2n) is 6.80. The predicted octanol–water partition coefficient (Wildman–Crippen LogP) is 4.37. The fourth-order valence-electron chi connectivity index (χ4n) is 3.11. The van der Waals surface area contributed by atoms with Crippen molar-refractivity contribution in [3.05, 3.63) is 51.8 Å². The van der Waals surface area contributed by atoms with Gasteiger partial charge in [-0.25, -0.2) is 0 Å². The summed E-state index contributed by atoms with van der Waals surface area (Å²) in [7, 11) is 3.25. The number of ether oxygens (including phenoxy) is 2. The number of rotatable bonds is 7. The van der Waals surface area contributed by atoms with Gasteiger partial charge in [0.1, 0.15) is 0 Å². The van der Waals surface area contributed by atoms with Gasteiger partial charge in [-0.15, -0.1) is 0 Å². The summed E-state index contributed by atoms with van der Waals surface area (Å²) >= 11 is 3.26. The zero-order chi connectivity index (χ0) is 21.0. The minimum Gasteiger partial charge on any atom is -0.493 e. The molecule has 0 aliphatic rings. The maximum absolute atomic E-state index is 12.7. The van der Waals surface area contributed by atoms with Crippen LogP contribution in [0, 0.1) is 13.8 Å². The number of methoxy groups -OCH3 is 2. The van der Waals surface area contributed by atoms with Gasteiger partial charge in [0.05, 0.1) is 30.9 Å². The van der Waals surface area contributed by atoms with Crippen molar-refractivity contribution in [1.82, 2.24) is 4.57 Å². The first-order valence-corrected chi connectivity index (χ1v) is 11.6. The van der Waals surface area contributed by atoms with Gasteiger partial charge in [-0.2, -0.15) is 16.8 Å². The molecule has 2 aromatic carbocycles. The summed E-state index contributed by atoms with van der Waals surface area (Å²) in [5.41, 5.74) is 4.40. The van der Waals surface area contributed by atoms with Crippen LogP contribution in [0.2, 0.25) is 0 Å². The molecule has 3 aromatic rings. The molecule has 0 unspecified atom stereocenters. The van der Waals surface area contributed by atoms with Crippen molar-refractivity contribution in [2.75, 3.05) is 26.2 Å². The van der Waals surface area contributed by atoms with Crippen molar-refractivity contribution in [3.63, 3.8) is 0 Å². The van der Waals surface area contributed by atoms with Crippen LogP contribution in [0.25, 0.3) is 10.2 Å². The summed E-state index contributed by atoms with van der Waals surface area (Å²) in [6.45, 7) is 4.90. The van der Waals surface area contributed by atoms with Gasteiger partial charge in [0.25, 0.3) is 5.91 Å². The Hall–Kier alpha value is -2.25. The van der Waals surface area contributed by atoms with Crippen LogP contribution in [0.3, 0.4) is 0 Å². The lowest BCUT2D eigenvalue weighted by atomic mass is 10.0. The summed E-state index contributed by atoms with van der Waals surface area (Å²) in [6, 6.07) is 10.0. The zero-order valence-corrected chi connectivity index (χ0v) is 19.1. The van der Waals surface area contributed by atoms with E-state index in [2.05, 4.69) is 41.8 Å². The summed E-state index contributed by atoms with van der Waals surface area (Å²) in [5, 5.41) is 0. The number of aryl methyl sites for hydroxylation is 3. The second-order valence-corrected chi connectivity index (χ2v) is 8.80. The minimum atomic E-state index is -0.142. The van der Waals surface area contributed by atoms with E-state index in [1.165, 1.54) is 22.5 Å². The molecule has 5 nitrogen and oxygen atoms in total. The molecule has 0 radical (unpaired) electrons. The first-order chi connectivity index (χ1) is 14.0. The van der Waals surface area contributed by atoms with Gasteiger partial charge in [0, 0.05) is 24.4 Å². The summed E-state index contributed by atoms with van der Waals surface area (Å²) in [6.07, 6.45) is 2.37. The maximum atomic E-state index is 12.7. The molecule has 0 bridgehead atoms. The lowest BCUT2D eigenvalue weighted by Gasteiger charge is -2.09. The standard InChI is InChI=1S/C22H26N2O3S2/c1-14-6-7-16(10-15(14)2)11-21(25)23-22-24(8-9-28-5)17-12-18(26-3)19(27-4)13-20(17)29-22/h6-7,10,12-13H,8-9,11H2,1-5H3. The number of nitrogens with zero attached hydrogens (tertiary/aromatic N) is 2. The molecule has 7 heteroatoms. The summed E-state index contributed by atoms with van der Waals surface area (Å²) in [5.74, 6) is 2.13. The van der Waals surface area contributed by atoms with Gasteiger partial charge >= 0.3 is 0 Å². The molecule has 1 aromatic heterocycles. The highest BCUT2D eigenvalue weighted by molar-refractivity contribution is 7.98. The van der Waals surface area contributed by atoms with Crippen molar-refractivity contribution in [1.29, 1.82) is 0 Å². The number of fused-ring (bicyclic) bond motifs is 1. The van der Waals surface area contributed by atoms with Crippen molar-refractivity contribution in [3.8, 4) is 11.5 Å². The number of hydrogen-bond donors (Lipinski definition) is 0. The van der Waals surface area contributed by atoms with Crippen molar-refractivity contribution < 1.29 is 14.3 Å². The van der Waals surface area contributed by atoms with E-state index in [1.54, 1.807) is 26.0 Å². The molecule has 0 N–H and O–H groups in total. The van der Waals surface area contributed by atoms with Crippen LogP contribution in [-0.2, 0) is 17.8 Å². The highest BCUT2D eigenvalue weighted by atomic mass is 32.2. The van der Waals surface area contributed by atoms with Crippen LogP contribution >= 0.6 is 23.1 Å². The molecule has 1 amide bonds. The number of aromatic nitrogens is 1. The molecule has 3 rings (SSSR count). The third kappa shape index (κ3) is 4.85. The highest BCUT2D eigenvalue weighted by Gasteiger charge is 2.13. The number of benzene rings is 2. The molecular formula is C22H26N2O3S2. The van der Waals surface area contributed by atoms with Gasteiger partial charge in [0.2, 0.25) is 0 Å². The lowest BCUT2D eigenvalue weighted by molar-refractivity contribution is -0.117. The number of amides is 1. The Kier molecular flexibility index (Phi) is 7.03. The van der Waals surface area contributed by atoms with Gasteiger partial charge in [-0.3, -0.25) is 4.79 Å². The van der Waals surface area contributed by atoms with Crippen LogP contribution in [0.1, 0.15) is 16.7 Å². The fourth-order valence-corrected chi connectivity index (χ4v) is 4.56. The van der Waals surface area contributed by atoms with E-state index in [9.17, 15) is 4.79 Å². The van der Waals surface area contributed by atoms with Gasteiger partial charge in [0.15, 0.2) is 16.3 Å².